The van der Waals surface area contributed by atoms with Gasteiger partial charge in [0, 0.05) is 5.22 Å². The number of ether oxygens (including phenoxy) is 1. The Kier molecular flexibility index (Phi) is 2.94. The number of fused-ring (bicyclic) bond motifs is 1. The summed E-state index contributed by atoms with van der Waals surface area (Å²) in [6.07, 6.45) is -5.13. The standard InChI is InChI=1S/C12H8F3NO2/c1-2-9-11(17)16-8-6-4-3-5-7(8)10(18-9)12(13,14)15/h2-6,9H,1H2. The lowest BCUT2D eigenvalue weighted by Gasteiger charge is -2.15. The molecular formula is C12H8F3NO2. The molecule has 94 valence electrons. The molecule has 0 saturated carbocycles. The van der Waals surface area contributed by atoms with Crippen LogP contribution < -0.4 is 10.6 Å². The average Bonchev–Trinajstić information content (AvgIpc) is 2.44. The maximum Gasteiger partial charge on any atom is 0.449 e. The molecule has 1 aromatic rings. The van der Waals surface area contributed by atoms with Crippen molar-refractivity contribution in [1.29, 1.82) is 0 Å². The van der Waals surface area contributed by atoms with Crippen molar-refractivity contribution in [3.8, 4) is 0 Å². The van der Waals surface area contributed by atoms with E-state index >= 15 is 0 Å². The lowest BCUT2D eigenvalue weighted by Crippen LogP contribution is -2.32. The second kappa shape index (κ2) is 4.29. The Bertz CT molecular complexity index is 619. The van der Waals surface area contributed by atoms with Crippen molar-refractivity contribution in [1.82, 2.24) is 0 Å². The van der Waals surface area contributed by atoms with Gasteiger partial charge < -0.3 is 4.74 Å². The van der Waals surface area contributed by atoms with E-state index in [0.29, 0.717) is 0 Å². The zero-order valence-electron chi connectivity index (χ0n) is 9.07. The molecule has 1 unspecified atom stereocenters. The van der Waals surface area contributed by atoms with Gasteiger partial charge >= 0.3 is 6.18 Å². The van der Waals surface area contributed by atoms with Gasteiger partial charge in [-0.15, -0.1) is 0 Å². The Hall–Kier alpha value is -2.11. The van der Waals surface area contributed by atoms with E-state index in [1.165, 1.54) is 24.3 Å². The zero-order valence-corrected chi connectivity index (χ0v) is 9.07. The molecule has 0 bridgehead atoms. The number of rotatable bonds is 1. The fraction of sp³-hybridized carbons (Fsp3) is 0.167. The third-order valence-corrected chi connectivity index (χ3v) is 2.34. The van der Waals surface area contributed by atoms with Crippen molar-refractivity contribution in [2.45, 2.75) is 12.3 Å². The molecule has 18 heavy (non-hydrogen) atoms. The first kappa shape index (κ1) is 12.3. The van der Waals surface area contributed by atoms with Gasteiger partial charge in [-0.05, 0) is 18.2 Å². The van der Waals surface area contributed by atoms with Crippen LogP contribution in [0.15, 0.2) is 41.9 Å². The third-order valence-electron chi connectivity index (χ3n) is 2.34. The van der Waals surface area contributed by atoms with Crippen LogP contribution in [0.25, 0.3) is 5.76 Å². The van der Waals surface area contributed by atoms with E-state index in [0.717, 1.165) is 6.08 Å². The number of benzene rings is 1. The average molecular weight is 255 g/mol. The molecule has 1 aromatic carbocycles. The smallest absolute Gasteiger partial charge is 0.449 e. The summed E-state index contributed by atoms with van der Waals surface area (Å²) in [6.45, 7) is 3.27. The lowest BCUT2D eigenvalue weighted by molar-refractivity contribution is -0.128. The number of alkyl halides is 3. The van der Waals surface area contributed by atoms with Gasteiger partial charge in [0.25, 0.3) is 5.91 Å². The van der Waals surface area contributed by atoms with Crippen LogP contribution in [0.4, 0.5) is 13.2 Å². The van der Waals surface area contributed by atoms with Crippen LogP contribution >= 0.6 is 0 Å². The summed E-state index contributed by atoms with van der Waals surface area (Å²) in [4.78, 5) is 15.1. The van der Waals surface area contributed by atoms with Gasteiger partial charge in [0.1, 0.15) is 0 Å². The maximum absolute atomic E-state index is 12.9. The Labute approximate surface area is 99.9 Å². The number of hydrogen-bond acceptors (Lipinski definition) is 2. The van der Waals surface area contributed by atoms with E-state index in [-0.39, 0.29) is 10.6 Å². The first-order chi connectivity index (χ1) is 8.43. The Balaban J connectivity index is 2.82. The highest BCUT2D eigenvalue weighted by atomic mass is 19.4. The monoisotopic (exact) mass is 255 g/mol. The van der Waals surface area contributed by atoms with Crippen LogP contribution in [0.1, 0.15) is 0 Å². The van der Waals surface area contributed by atoms with E-state index in [1.807, 2.05) is 0 Å². The molecule has 1 heterocycles. The SMILES string of the molecule is C=CC1OC(C(F)(F)F)=c2ccccc2=NC1=O. The molecule has 0 radical (unpaired) electrons. The molecule has 0 spiro atoms. The topological polar surface area (TPSA) is 38.7 Å². The summed E-state index contributed by atoms with van der Waals surface area (Å²) in [5.41, 5.74) is 0. The van der Waals surface area contributed by atoms with Gasteiger partial charge in [0.15, 0.2) is 6.10 Å². The highest BCUT2D eigenvalue weighted by Gasteiger charge is 2.40. The van der Waals surface area contributed by atoms with Gasteiger partial charge in [-0.3, -0.25) is 4.79 Å². The molecule has 0 aromatic heterocycles. The zero-order chi connectivity index (χ0) is 13.3. The van der Waals surface area contributed by atoms with Crippen molar-refractivity contribution in [3.63, 3.8) is 0 Å². The molecule has 1 aliphatic heterocycles. The van der Waals surface area contributed by atoms with E-state index < -0.39 is 23.9 Å². The van der Waals surface area contributed by atoms with Gasteiger partial charge in [-0.1, -0.05) is 18.7 Å². The second-order valence-corrected chi connectivity index (χ2v) is 3.57. The largest absolute Gasteiger partial charge is 0.471 e. The van der Waals surface area contributed by atoms with Crippen LogP contribution in [0, 0.1) is 0 Å². The fourth-order valence-electron chi connectivity index (χ4n) is 1.55. The van der Waals surface area contributed by atoms with Gasteiger partial charge in [-0.2, -0.15) is 13.2 Å². The molecule has 6 heteroatoms. The van der Waals surface area contributed by atoms with Crippen molar-refractivity contribution in [3.05, 3.63) is 47.5 Å². The summed E-state index contributed by atoms with van der Waals surface area (Å²) < 4.78 is 43.4. The predicted octanol–water partition coefficient (Wildman–Crippen LogP) is 1.09. The first-order valence-electron chi connectivity index (χ1n) is 5.02. The number of hydrogen-bond donors (Lipinski definition) is 0. The van der Waals surface area contributed by atoms with Crippen molar-refractivity contribution >= 4 is 11.7 Å². The van der Waals surface area contributed by atoms with Crippen molar-refractivity contribution < 1.29 is 22.7 Å². The van der Waals surface area contributed by atoms with Crippen LogP contribution in [0.2, 0.25) is 0 Å². The van der Waals surface area contributed by atoms with Crippen LogP contribution in [-0.2, 0) is 9.53 Å². The summed E-state index contributed by atoms with van der Waals surface area (Å²) in [5, 5.41) is -0.304. The molecular weight excluding hydrogens is 247 g/mol. The minimum Gasteiger partial charge on any atom is -0.471 e. The molecule has 0 saturated heterocycles. The van der Waals surface area contributed by atoms with Gasteiger partial charge in [0.2, 0.25) is 5.76 Å². The molecule has 2 rings (SSSR count). The number of amides is 1. The number of carbonyl (C=O) groups excluding carboxylic acids is 1. The highest BCUT2D eigenvalue weighted by Crippen LogP contribution is 2.28. The summed E-state index contributed by atoms with van der Waals surface area (Å²) in [6, 6.07) is 5.45. The second-order valence-electron chi connectivity index (χ2n) is 3.57. The number of para-hydroxylation sites is 1. The maximum atomic E-state index is 12.9. The number of halogens is 3. The predicted molar refractivity (Wildman–Crippen MR) is 56.8 cm³/mol. The van der Waals surface area contributed by atoms with Gasteiger partial charge in [0.05, 0.1) is 5.36 Å². The molecule has 0 aliphatic carbocycles. The minimum atomic E-state index is -4.70. The van der Waals surface area contributed by atoms with E-state index in [9.17, 15) is 18.0 Å². The van der Waals surface area contributed by atoms with E-state index in [2.05, 4.69) is 11.6 Å². The highest BCUT2D eigenvalue weighted by molar-refractivity contribution is 5.84. The van der Waals surface area contributed by atoms with Crippen LogP contribution in [0.5, 0.6) is 0 Å². The summed E-state index contributed by atoms with van der Waals surface area (Å²) >= 11 is 0. The van der Waals surface area contributed by atoms with Gasteiger partial charge in [-0.25, -0.2) is 4.99 Å². The summed E-state index contributed by atoms with van der Waals surface area (Å²) in [7, 11) is 0. The minimum absolute atomic E-state index is 0.0563. The molecule has 3 nitrogen and oxygen atoms in total. The van der Waals surface area contributed by atoms with E-state index in [1.54, 1.807) is 0 Å². The summed E-state index contributed by atoms with van der Waals surface area (Å²) in [5.74, 6) is -2.03. The quantitative estimate of drug-likeness (QED) is 0.704. The first-order valence-corrected chi connectivity index (χ1v) is 5.02. The van der Waals surface area contributed by atoms with E-state index in [4.69, 9.17) is 4.74 Å². The van der Waals surface area contributed by atoms with Crippen LogP contribution in [0.3, 0.4) is 0 Å². The number of carbonyl (C=O) groups is 1. The fourth-order valence-corrected chi connectivity index (χ4v) is 1.55. The lowest BCUT2D eigenvalue weighted by atomic mass is 10.2. The third kappa shape index (κ3) is 2.13. The molecule has 1 amide bonds. The van der Waals surface area contributed by atoms with Crippen molar-refractivity contribution in [2.75, 3.05) is 0 Å². The molecule has 1 aliphatic rings. The molecule has 1 atom stereocenters. The molecule has 0 fully saturated rings. The molecule has 0 N–H and O–H groups in total. The van der Waals surface area contributed by atoms with Crippen molar-refractivity contribution in [2.24, 2.45) is 4.99 Å². The van der Waals surface area contributed by atoms with Crippen LogP contribution in [-0.4, -0.2) is 18.2 Å². The Morgan fingerprint density at radius 1 is 1.33 bits per heavy atom. The normalized spacial score (nSPS) is 19.4. The Morgan fingerprint density at radius 3 is 2.61 bits per heavy atom. The number of nitrogens with zero attached hydrogens (tertiary/aromatic N) is 1. The Morgan fingerprint density at radius 2 is 2.00 bits per heavy atom.